The fourth-order valence-electron chi connectivity index (χ4n) is 2.12. The molecule has 20 heavy (non-hydrogen) atoms. The lowest BCUT2D eigenvalue weighted by atomic mass is 9.85. The summed E-state index contributed by atoms with van der Waals surface area (Å²) in [4.78, 5) is 0. The molecule has 1 aromatic carbocycles. The van der Waals surface area contributed by atoms with E-state index in [1.165, 1.54) is 5.56 Å². The molecule has 0 spiro atoms. The molecule has 0 saturated carbocycles. The van der Waals surface area contributed by atoms with Crippen LogP contribution in [0.15, 0.2) is 43.0 Å². The Morgan fingerprint density at radius 3 is 2.40 bits per heavy atom. The van der Waals surface area contributed by atoms with E-state index in [2.05, 4.69) is 49.8 Å². The second-order valence-electron chi connectivity index (χ2n) is 6.61. The van der Waals surface area contributed by atoms with E-state index in [0.717, 1.165) is 6.42 Å². The fraction of sp³-hybridized carbons (Fsp3) is 0.444. The van der Waals surface area contributed by atoms with Crippen molar-refractivity contribution in [2.24, 2.45) is 0 Å². The summed E-state index contributed by atoms with van der Waals surface area (Å²) in [6, 6.07) is 10.3. The maximum absolute atomic E-state index is 10.6. The normalized spacial score (nSPS) is 15.7. The standard InChI is InChI=1S/C18H26OSi/c1-6-10-17(16-11-8-7-9-12-16)15-18(2,19)13-14-20(3,4)5/h6-9,11-12,17,19H,1,10,15H2,2-5H3. The Bertz CT molecular complexity index is 486. The van der Waals surface area contributed by atoms with Crippen molar-refractivity contribution in [2.45, 2.75) is 50.9 Å². The van der Waals surface area contributed by atoms with E-state index in [1.54, 1.807) is 0 Å². The molecule has 0 amide bonds. The highest BCUT2D eigenvalue weighted by molar-refractivity contribution is 6.83. The maximum atomic E-state index is 10.6. The molecule has 108 valence electrons. The van der Waals surface area contributed by atoms with E-state index in [9.17, 15) is 5.11 Å². The Kier molecular flexibility index (Phi) is 5.80. The lowest BCUT2D eigenvalue weighted by Gasteiger charge is -2.24. The summed E-state index contributed by atoms with van der Waals surface area (Å²) in [5.74, 6) is 3.35. The topological polar surface area (TPSA) is 20.2 Å². The highest BCUT2D eigenvalue weighted by Gasteiger charge is 2.24. The summed E-state index contributed by atoms with van der Waals surface area (Å²) in [5.41, 5.74) is 3.57. The molecule has 0 aliphatic heterocycles. The lowest BCUT2D eigenvalue weighted by Crippen LogP contribution is -2.27. The molecular weight excluding hydrogens is 260 g/mol. The number of hydrogen-bond acceptors (Lipinski definition) is 1. The second-order valence-corrected chi connectivity index (χ2v) is 11.4. The Balaban J connectivity index is 2.89. The van der Waals surface area contributed by atoms with E-state index in [-0.39, 0.29) is 5.92 Å². The third-order valence-corrected chi connectivity index (χ3v) is 3.95. The minimum absolute atomic E-state index is 0.264. The highest BCUT2D eigenvalue weighted by atomic mass is 28.3. The first-order chi connectivity index (χ1) is 9.23. The van der Waals surface area contributed by atoms with Gasteiger partial charge in [-0.15, -0.1) is 12.1 Å². The van der Waals surface area contributed by atoms with Crippen LogP contribution in [0.5, 0.6) is 0 Å². The third kappa shape index (κ3) is 6.23. The zero-order valence-corrected chi connectivity index (χ0v) is 14.1. The van der Waals surface area contributed by atoms with Gasteiger partial charge in [-0.1, -0.05) is 62.0 Å². The smallest absolute Gasteiger partial charge is 0.129 e. The molecule has 1 aromatic rings. The second kappa shape index (κ2) is 6.92. The van der Waals surface area contributed by atoms with Crippen molar-refractivity contribution >= 4 is 8.07 Å². The van der Waals surface area contributed by atoms with Crippen LogP contribution in [0.4, 0.5) is 0 Å². The van der Waals surface area contributed by atoms with Gasteiger partial charge in [0.1, 0.15) is 13.7 Å². The van der Waals surface area contributed by atoms with Crippen molar-refractivity contribution in [2.75, 3.05) is 0 Å². The van der Waals surface area contributed by atoms with Gasteiger partial charge in [-0.05, 0) is 31.2 Å². The molecule has 0 radical (unpaired) electrons. The van der Waals surface area contributed by atoms with Crippen LogP contribution in [0.2, 0.25) is 19.6 Å². The first-order valence-electron chi connectivity index (χ1n) is 7.16. The van der Waals surface area contributed by atoms with E-state index in [1.807, 2.05) is 31.2 Å². The van der Waals surface area contributed by atoms with E-state index >= 15 is 0 Å². The van der Waals surface area contributed by atoms with Crippen molar-refractivity contribution < 1.29 is 5.11 Å². The molecule has 2 atom stereocenters. The molecule has 0 aromatic heterocycles. The van der Waals surface area contributed by atoms with Crippen LogP contribution in [0, 0.1) is 11.5 Å². The molecule has 2 unspecified atom stereocenters. The Hall–Kier alpha value is -1.30. The van der Waals surface area contributed by atoms with Gasteiger partial charge in [-0.3, -0.25) is 0 Å². The lowest BCUT2D eigenvalue weighted by molar-refractivity contribution is 0.103. The van der Waals surface area contributed by atoms with Crippen LogP contribution in [0.25, 0.3) is 0 Å². The third-order valence-electron chi connectivity index (χ3n) is 3.07. The monoisotopic (exact) mass is 286 g/mol. The number of hydrogen-bond donors (Lipinski definition) is 1. The largest absolute Gasteiger partial charge is 0.378 e. The Labute approximate surface area is 124 Å². The molecule has 1 N–H and O–H groups in total. The van der Waals surface area contributed by atoms with Gasteiger partial charge in [0.2, 0.25) is 0 Å². The van der Waals surface area contributed by atoms with Crippen LogP contribution in [-0.2, 0) is 0 Å². The molecule has 2 heteroatoms. The predicted molar refractivity (Wildman–Crippen MR) is 90.4 cm³/mol. The summed E-state index contributed by atoms with van der Waals surface area (Å²) < 4.78 is 0. The van der Waals surface area contributed by atoms with Crippen LogP contribution in [0.3, 0.4) is 0 Å². The molecule has 0 fully saturated rings. The van der Waals surface area contributed by atoms with Crippen LogP contribution >= 0.6 is 0 Å². The summed E-state index contributed by atoms with van der Waals surface area (Å²) in [6.07, 6.45) is 3.41. The van der Waals surface area contributed by atoms with E-state index < -0.39 is 13.7 Å². The number of benzene rings is 1. The molecule has 1 rings (SSSR count). The maximum Gasteiger partial charge on any atom is 0.129 e. The van der Waals surface area contributed by atoms with E-state index in [0.29, 0.717) is 6.42 Å². The van der Waals surface area contributed by atoms with Crippen molar-refractivity contribution in [1.82, 2.24) is 0 Å². The fourth-order valence-corrected chi connectivity index (χ4v) is 2.76. The molecule has 0 bridgehead atoms. The molecule has 0 aliphatic carbocycles. The van der Waals surface area contributed by atoms with Crippen LogP contribution in [-0.4, -0.2) is 18.8 Å². The highest BCUT2D eigenvalue weighted by Crippen LogP contribution is 2.29. The average molecular weight is 286 g/mol. The quantitative estimate of drug-likeness (QED) is 0.484. The van der Waals surface area contributed by atoms with Gasteiger partial charge in [-0.25, -0.2) is 0 Å². The van der Waals surface area contributed by atoms with Crippen molar-refractivity contribution in [3.05, 3.63) is 48.6 Å². The first kappa shape index (κ1) is 16.8. The number of allylic oxidation sites excluding steroid dienone is 1. The molecule has 0 heterocycles. The van der Waals surface area contributed by atoms with Gasteiger partial charge in [0, 0.05) is 0 Å². The van der Waals surface area contributed by atoms with Gasteiger partial charge < -0.3 is 5.11 Å². The van der Waals surface area contributed by atoms with Crippen LogP contribution < -0.4 is 0 Å². The van der Waals surface area contributed by atoms with E-state index in [4.69, 9.17) is 0 Å². The number of rotatable bonds is 5. The van der Waals surface area contributed by atoms with Gasteiger partial charge >= 0.3 is 0 Å². The van der Waals surface area contributed by atoms with Crippen molar-refractivity contribution in [1.29, 1.82) is 0 Å². The number of aliphatic hydroxyl groups is 1. The minimum atomic E-state index is -1.46. The summed E-state index contributed by atoms with van der Waals surface area (Å²) in [6.45, 7) is 12.2. The Morgan fingerprint density at radius 1 is 1.30 bits per heavy atom. The molecule has 0 saturated heterocycles. The van der Waals surface area contributed by atoms with Crippen molar-refractivity contribution in [3.8, 4) is 11.5 Å². The van der Waals surface area contributed by atoms with Gasteiger partial charge in [-0.2, -0.15) is 0 Å². The minimum Gasteiger partial charge on any atom is -0.378 e. The zero-order valence-electron chi connectivity index (χ0n) is 13.1. The Morgan fingerprint density at radius 2 is 1.90 bits per heavy atom. The summed E-state index contributed by atoms with van der Waals surface area (Å²) in [7, 11) is -1.46. The van der Waals surface area contributed by atoms with Gasteiger partial charge in [0.05, 0.1) is 0 Å². The SMILES string of the molecule is C=CCC(CC(C)(O)C#C[Si](C)(C)C)c1ccccc1. The molecule has 0 aliphatic rings. The summed E-state index contributed by atoms with van der Waals surface area (Å²) in [5, 5.41) is 10.6. The van der Waals surface area contributed by atoms with Gasteiger partial charge in [0.25, 0.3) is 0 Å². The predicted octanol–water partition coefficient (Wildman–Crippen LogP) is 4.37. The van der Waals surface area contributed by atoms with Crippen LogP contribution in [0.1, 0.15) is 31.2 Å². The van der Waals surface area contributed by atoms with Crippen molar-refractivity contribution in [3.63, 3.8) is 0 Å². The summed E-state index contributed by atoms with van der Waals surface area (Å²) >= 11 is 0. The average Bonchev–Trinajstić information content (AvgIpc) is 2.36. The van der Waals surface area contributed by atoms with Gasteiger partial charge in [0.15, 0.2) is 0 Å². The molecule has 1 nitrogen and oxygen atoms in total. The zero-order chi connectivity index (χ0) is 15.2. The first-order valence-corrected chi connectivity index (χ1v) is 10.7. The molecular formula is C18H26OSi.